The van der Waals surface area contributed by atoms with Crippen LogP contribution in [0.2, 0.25) is 0 Å². The van der Waals surface area contributed by atoms with Crippen molar-refractivity contribution in [1.82, 2.24) is 4.98 Å². The predicted molar refractivity (Wildman–Crippen MR) is 72.8 cm³/mol. The van der Waals surface area contributed by atoms with Crippen molar-refractivity contribution in [3.05, 3.63) is 40.1 Å². The van der Waals surface area contributed by atoms with Gasteiger partial charge in [-0.05, 0) is 19.4 Å². The Morgan fingerprint density at radius 2 is 2.30 bits per heavy atom. The highest BCUT2D eigenvalue weighted by Gasteiger charge is 2.32. The molecule has 6 nitrogen and oxygen atoms in total. The van der Waals surface area contributed by atoms with Crippen molar-refractivity contribution in [2.45, 2.75) is 19.4 Å². The number of aromatic amines is 1. The van der Waals surface area contributed by atoms with E-state index in [1.807, 2.05) is 6.92 Å². The normalized spacial score (nSPS) is 22.2. The second-order valence-corrected chi connectivity index (χ2v) is 5.02. The number of hydrogen-bond acceptors (Lipinski definition) is 4. The van der Waals surface area contributed by atoms with Crippen LogP contribution in [0.15, 0.2) is 24.4 Å². The number of Topliss-reactive ketones (excluding diaryl/α,β-unsaturated/α-hetero) is 1. The van der Waals surface area contributed by atoms with Gasteiger partial charge >= 0.3 is 0 Å². The van der Waals surface area contributed by atoms with Gasteiger partial charge in [-0.15, -0.1) is 0 Å². The van der Waals surface area contributed by atoms with Gasteiger partial charge in [0.05, 0.1) is 16.9 Å². The zero-order chi connectivity index (χ0) is 14.3. The lowest BCUT2D eigenvalue weighted by Crippen LogP contribution is -2.21. The standard InChI is InChI=1S/C14H14N2O4/c1-8-10(4-5-20-8)14(17)12-7-15-13-3-2-9(16(18)19)6-11(12)13/h2-3,6-8,10,15H,4-5H2,1H3. The first-order valence-corrected chi connectivity index (χ1v) is 6.49. The zero-order valence-corrected chi connectivity index (χ0v) is 11.0. The molecule has 0 spiro atoms. The molecule has 0 amide bonds. The number of benzene rings is 1. The van der Waals surface area contributed by atoms with Gasteiger partial charge in [0.2, 0.25) is 0 Å². The van der Waals surface area contributed by atoms with E-state index >= 15 is 0 Å². The average molecular weight is 274 g/mol. The van der Waals surface area contributed by atoms with Crippen LogP contribution in [-0.2, 0) is 4.74 Å². The Kier molecular flexibility index (Phi) is 3.02. The Morgan fingerprint density at radius 3 is 2.95 bits per heavy atom. The molecule has 1 N–H and O–H groups in total. The molecule has 2 heterocycles. The first-order valence-electron chi connectivity index (χ1n) is 6.49. The number of nitrogens with zero attached hydrogens (tertiary/aromatic N) is 1. The molecule has 1 aromatic heterocycles. The van der Waals surface area contributed by atoms with Gasteiger partial charge in [-0.25, -0.2) is 0 Å². The number of carbonyl (C=O) groups is 1. The summed E-state index contributed by atoms with van der Waals surface area (Å²) in [5.74, 6) is -0.185. The largest absolute Gasteiger partial charge is 0.378 e. The lowest BCUT2D eigenvalue weighted by atomic mass is 9.92. The fraction of sp³-hybridized carbons (Fsp3) is 0.357. The van der Waals surface area contributed by atoms with Crippen LogP contribution >= 0.6 is 0 Å². The van der Waals surface area contributed by atoms with Gasteiger partial charge in [0.25, 0.3) is 5.69 Å². The van der Waals surface area contributed by atoms with E-state index in [1.54, 1.807) is 12.3 Å². The van der Waals surface area contributed by atoms with Crippen molar-refractivity contribution in [2.24, 2.45) is 5.92 Å². The number of rotatable bonds is 3. The highest BCUT2D eigenvalue weighted by Crippen LogP contribution is 2.29. The summed E-state index contributed by atoms with van der Waals surface area (Å²) in [6.45, 7) is 2.47. The Hall–Kier alpha value is -2.21. The van der Waals surface area contributed by atoms with E-state index in [4.69, 9.17) is 4.74 Å². The Bertz CT molecular complexity index is 692. The second-order valence-electron chi connectivity index (χ2n) is 5.02. The van der Waals surface area contributed by atoms with Crippen LogP contribution in [0.5, 0.6) is 0 Å². The van der Waals surface area contributed by atoms with Gasteiger partial charge in [0, 0.05) is 41.4 Å². The molecule has 1 fully saturated rings. The summed E-state index contributed by atoms with van der Waals surface area (Å²) in [5, 5.41) is 11.4. The molecular formula is C14H14N2O4. The molecule has 2 aromatic rings. The van der Waals surface area contributed by atoms with Gasteiger partial charge in [0.1, 0.15) is 0 Å². The van der Waals surface area contributed by atoms with Crippen LogP contribution in [0.3, 0.4) is 0 Å². The average Bonchev–Trinajstić information content (AvgIpc) is 3.03. The van der Waals surface area contributed by atoms with Crippen molar-refractivity contribution in [1.29, 1.82) is 0 Å². The number of H-pyrrole nitrogens is 1. The molecule has 0 bridgehead atoms. The third kappa shape index (κ3) is 1.98. The van der Waals surface area contributed by atoms with Crippen LogP contribution in [0.1, 0.15) is 23.7 Å². The monoisotopic (exact) mass is 274 g/mol. The molecule has 2 unspecified atom stereocenters. The maximum absolute atomic E-state index is 12.5. The predicted octanol–water partition coefficient (Wildman–Crippen LogP) is 2.68. The minimum absolute atomic E-state index is 0.0122. The number of fused-ring (bicyclic) bond motifs is 1. The fourth-order valence-corrected chi connectivity index (χ4v) is 2.70. The van der Waals surface area contributed by atoms with Crippen molar-refractivity contribution >= 4 is 22.4 Å². The molecular weight excluding hydrogens is 260 g/mol. The Labute approximate surface area is 114 Å². The minimum Gasteiger partial charge on any atom is -0.378 e. The van der Waals surface area contributed by atoms with Crippen molar-refractivity contribution in [2.75, 3.05) is 6.61 Å². The van der Waals surface area contributed by atoms with E-state index in [1.165, 1.54) is 12.1 Å². The number of hydrogen-bond donors (Lipinski definition) is 1. The van der Waals surface area contributed by atoms with E-state index in [2.05, 4.69) is 4.98 Å². The summed E-state index contributed by atoms with van der Waals surface area (Å²) >= 11 is 0. The van der Waals surface area contributed by atoms with E-state index in [0.29, 0.717) is 24.0 Å². The number of nitro groups is 1. The molecule has 0 saturated carbocycles. The second kappa shape index (κ2) is 4.72. The van der Waals surface area contributed by atoms with Crippen LogP contribution in [0, 0.1) is 16.0 Å². The lowest BCUT2D eigenvalue weighted by Gasteiger charge is -2.11. The van der Waals surface area contributed by atoms with Gasteiger partial charge in [-0.3, -0.25) is 14.9 Å². The van der Waals surface area contributed by atoms with Gasteiger partial charge in [-0.1, -0.05) is 0 Å². The van der Waals surface area contributed by atoms with Crippen LogP contribution in [-0.4, -0.2) is 28.4 Å². The summed E-state index contributed by atoms with van der Waals surface area (Å²) in [6, 6.07) is 4.49. The smallest absolute Gasteiger partial charge is 0.270 e. The quantitative estimate of drug-likeness (QED) is 0.529. The van der Waals surface area contributed by atoms with Crippen LogP contribution in [0.4, 0.5) is 5.69 Å². The number of non-ortho nitro benzene ring substituents is 1. The number of aromatic nitrogens is 1. The highest BCUT2D eigenvalue weighted by atomic mass is 16.6. The number of nitro benzene ring substituents is 1. The molecule has 2 atom stereocenters. The van der Waals surface area contributed by atoms with Crippen molar-refractivity contribution < 1.29 is 14.5 Å². The van der Waals surface area contributed by atoms with Crippen LogP contribution < -0.4 is 0 Å². The fourth-order valence-electron chi connectivity index (χ4n) is 2.70. The van der Waals surface area contributed by atoms with Crippen LogP contribution in [0.25, 0.3) is 10.9 Å². The summed E-state index contributed by atoms with van der Waals surface area (Å²) in [7, 11) is 0. The number of ether oxygens (including phenoxy) is 1. The van der Waals surface area contributed by atoms with E-state index in [-0.39, 0.29) is 23.5 Å². The summed E-state index contributed by atoms with van der Waals surface area (Å²) in [5.41, 5.74) is 1.22. The van der Waals surface area contributed by atoms with E-state index in [9.17, 15) is 14.9 Å². The first kappa shape index (κ1) is 12.8. The summed E-state index contributed by atoms with van der Waals surface area (Å²) < 4.78 is 5.42. The summed E-state index contributed by atoms with van der Waals surface area (Å²) in [6.07, 6.45) is 2.22. The molecule has 1 aromatic carbocycles. The van der Waals surface area contributed by atoms with Gasteiger partial charge < -0.3 is 9.72 Å². The number of carbonyl (C=O) groups excluding carboxylic acids is 1. The maximum atomic E-state index is 12.5. The Morgan fingerprint density at radius 1 is 1.50 bits per heavy atom. The SMILES string of the molecule is CC1OCCC1C(=O)c1c[nH]c2ccc([N+](=O)[O-])cc12. The van der Waals surface area contributed by atoms with Gasteiger partial charge in [-0.2, -0.15) is 0 Å². The molecule has 104 valence electrons. The molecule has 0 radical (unpaired) electrons. The topological polar surface area (TPSA) is 85.2 Å². The van der Waals surface area contributed by atoms with Gasteiger partial charge in [0.15, 0.2) is 5.78 Å². The number of nitrogens with one attached hydrogen (secondary N) is 1. The van der Waals surface area contributed by atoms with E-state index in [0.717, 1.165) is 5.52 Å². The Balaban J connectivity index is 2.04. The third-order valence-corrected chi connectivity index (χ3v) is 3.85. The minimum atomic E-state index is -0.456. The highest BCUT2D eigenvalue weighted by molar-refractivity contribution is 6.09. The molecule has 3 rings (SSSR count). The first-order chi connectivity index (χ1) is 9.58. The van der Waals surface area contributed by atoms with Crippen molar-refractivity contribution in [3.63, 3.8) is 0 Å². The molecule has 1 saturated heterocycles. The number of ketones is 1. The molecule has 6 heteroatoms. The summed E-state index contributed by atoms with van der Waals surface area (Å²) in [4.78, 5) is 25.9. The third-order valence-electron chi connectivity index (χ3n) is 3.85. The molecule has 1 aliphatic heterocycles. The lowest BCUT2D eigenvalue weighted by molar-refractivity contribution is -0.384. The molecule has 20 heavy (non-hydrogen) atoms. The molecule has 0 aliphatic carbocycles. The maximum Gasteiger partial charge on any atom is 0.270 e. The molecule has 1 aliphatic rings. The van der Waals surface area contributed by atoms with E-state index < -0.39 is 4.92 Å². The van der Waals surface area contributed by atoms with Crippen molar-refractivity contribution in [3.8, 4) is 0 Å². The zero-order valence-electron chi connectivity index (χ0n) is 11.0.